The SMILES string of the molecule is Cc1cccc(-c2nc(C(F)(F)F)c(CN)s2)n1. The fraction of sp³-hybridized carbons (Fsp3) is 0.273. The summed E-state index contributed by atoms with van der Waals surface area (Å²) < 4.78 is 38.1. The Labute approximate surface area is 105 Å². The quantitative estimate of drug-likeness (QED) is 0.915. The fourth-order valence-electron chi connectivity index (χ4n) is 1.48. The molecule has 0 aliphatic carbocycles. The third-order valence-corrected chi connectivity index (χ3v) is 3.36. The largest absolute Gasteiger partial charge is 0.434 e. The molecule has 0 atom stereocenters. The molecule has 0 saturated heterocycles. The van der Waals surface area contributed by atoms with Crippen molar-refractivity contribution in [3.05, 3.63) is 34.5 Å². The van der Waals surface area contributed by atoms with E-state index in [1.807, 2.05) is 0 Å². The van der Waals surface area contributed by atoms with Gasteiger partial charge in [-0.15, -0.1) is 11.3 Å². The van der Waals surface area contributed by atoms with Gasteiger partial charge in [-0.3, -0.25) is 4.98 Å². The monoisotopic (exact) mass is 273 g/mol. The highest BCUT2D eigenvalue weighted by atomic mass is 32.1. The minimum atomic E-state index is -4.48. The molecule has 0 saturated carbocycles. The lowest BCUT2D eigenvalue weighted by Crippen LogP contribution is -2.10. The second kappa shape index (κ2) is 4.66. The van der Waals surface area contributed by atoms with Crippen molar-refractivity contribution in [2.75, 3.05) is 0 Å². The van der Waals surface area contributed by atoms with Crippen LogP contribution in [0.25, 0.3) is 10.7 Å². The van der Waals surface area contributed by atoms with Gasteiger partial charge >= 0.3 is 6.18 Å². The Morgan fingerprint density at radius 1 is 1.28 bits per heavy atom. The van der Waals surface area contributed by atoms with E-state index in [1.165, 1.54) is 0 Å². The number of thiazole rings is 1. The molecule has 7 heteroatoms. The van der Waals surface area contributed by atoms with Crippen molar-refractivity contribution in [1.82, 2.24) is 9.97 Å². The second-order valence-corrected chi connectivity index (χ2v) is 4.74. The van der Waals surface area contributed by atoms with Crippen LogP contribution >= 0.6 is 11.3 Å². The molecule has 0 aromatic carbocycles. The van der Waals surface area contributed by atoms with E-state index in [0.717, 1.165) is 17.0 Å². The highest BCUT2D eigenvalue weighted by Gasteiger charge is 2.37. The molecule has 2 N–H and O–H groups in total. The van der Waals surface area contributed by atoms with Crippen LogP contribution in [-0.4, -0.2) is 9.97 Å². The second-order valence-electron chi connectivity index (χ2n) is 3.66. The Kier molecular flexibility index (Phi) is 3.36. The Morgan fingerprint density at radius 3 is 2.50 bits per heavy atom. The third kappa shape index (κ3) is 2.51. The molecule has 0 aliphatic rings. The van der Waals surface area contributed by atoms with Gasteiger partial charge in [0.25, 0.3) is 0 Å². The molecular weight excluding hydrogens is 263 g/mol. The maximum Gasteiger partial charge on any atom is 0.434 e. The number of alkyl halides is 3. The smallest absolute Gasteiger partial charge is 0.326 e. The molecule has 96 valence electrons. The summed E-state index contributed by atoms with van der Waals surface area (Å²) >= 11 is 0.930. The average molecular weight is 273 g/mol. The number of nitrogens with zero attached hydrogens (tertiary/aromatic N) is 2. The zero-order chi connectivity index (χ0) is 13.3. The highest BCUT2D eigenvalue weighted by molar-refractivity contribution is 7.15. The summed E-state index contributed by atoms with van der Waals surface area (Å²) in [6.45, 7) is 1.59. The van der Waals surface area contributed by atoms with Crippen LogP contribution in [-0.2, 0) is 12.7 Å². The van der Waals surface area contributed by atoms with Crippen LogP contribution in [0.1, 0.15) is 16.3 Å². The van der Waals surface area contributed by atoms with Gasteiger partial charge in [0.15, 0.2) is 5.69 Å². The van der Waals surface area contributed by atoms with Crippen LogP contribution in [0.2, 0.25) is 0 Å². The summed E-state index contributed by atoms with van der Waals surface area (Å²) in [4.78, 5) is 7.80. The zero-order valence-corrected chi connectivity index (χ0v) is 10.3. The van der Waals surface area contributed by atoms with Gasteiger partial charge in [0.05, 0.1) is 10.6 Å². The first-order chi connectivity index (χ1) is 8.41. The predicted molar refractivity (Wildman–Crippen MR) is 63.0 cm³/mol. The molecule has 0 unspecified atom stereocenters. The summed E-state index contributed by atoms with van der Waals surface area (Å²) in [7, 11) is 0. The number of pyridine rings is 1. The number of aryl methyl sites for hydroxylation is 1. The first kappa shape index (κ1) is 13.0. The normalized spacial score (nSPS) is 11.8. The standard InChI is InChI=1S/C11H10F3N3S/c1-6-3-2-4-7(16-6)10-17-9(11(12,13)14)8(5-15)18-10/h2-4H,5,15H2,1H3. The number of hydrogen-bond acceptors (Lipinski definition) is 4. The van der Waals surface area contributed by atoms with E-state index in [0.29, 0.717) is 5.69 Å². The minimum absolute atomic E-state index is 0.0285. The van der Waals surface area contributed by atoms with E-state index in [4.69, 9.17) is 5.73 Å². The molecule has 18 heavy (non-hydrogen) atoms. The molecule has 0 amide bonds. The molecular formula is C11H10F3N3S. The molecule has 3 nitrogen and oxygen atoms in total. The topological polar surface area (TPSA) is 51.8 Å². The first-order valence-electron chi connectivity index (χ1n) is 5.13. The minimum Gasteiger partial charge on any atom is -0.326 e. The number of hydrogen-bond donors (Lipinski definition) is 1. The summed E-state index contributed by atoms with van der Waals surface area (Å²) in [6.07, 6.45) is -4.48. The van der Waals surface area contributed by atoms with Crippen molar-refractivity contribution in [2.45, 2.75) is 19.6 Å². The molecule has 2 aromatic heterocycles. The van der Waals surface area contributed by atoms with Gasteiger partial charge in [0.2, 0.25) is 0 Å². The van der Waals surface area contributed by atoms with Gasteiger partial charge in [0, 0.05) is 12.2 Å². The van der Waals surface area contributed by atoms with Crippen LogP contribution < -0.4 is 5.73 Å². The van der Waals surface area contributed by atoms with E-state index in [1.54, 1.807) is 25.1 Å². The van der Waals surface area contributed by atoms with Gasteiger partial charge in [-0.05, 0) is 19.1 Å². The average Bonchev–Trinajstić information content (AvgIpc) is 2.72. The number of nitrogens with two attached hydrogens (primary N) is 1. The number of halogens is 3. The number of aromatic nitrogens is 2. The molecule has 2 heterocycles. The van der Waals surface area contributed by atoms with Gasteiger partial charge in [-0.25, -0.2) is 4.98 Å². The van der Waals surface area contributed by atoms with Gasteiger partial charge in [-0.2, -0.15) is 13.2 Å². The van der Waals surface area contributed by atoms with E-state index >= 15 is 0 Å². The lowest BCUT2D eigenvalue weighted by atomic mass is 10.3. The van der Waals surface area contributed by atoms with Crippen molar-refractivity contribution in [3.8, 4) is 10.7 Å². The molecule has 0 radical (unpaired) electrons. The van der Waals surface area contributed by atoms with Crippen LogP contribution in [0.4, 0.5) is 13.2 Å². The maximum atomic E-state index is 12.7. The summed E-state index contributed by atoms with van der Waals surface area (Å²) in [5.41, 5.74) is 5.57. The zero-order valence-electron chi connectivity index (χ0n) is 9.45. The lowest BCUT2D eigenvalue weighted by Gasteiger charge is -2.03. The van der Waals surface area contributed by atoms with Crippen LogP contribution in [0, 0.1) is 6.92 Å². The van der Waals surface area contributed by atoms with E-state index in [9.17, 15) is 13.2 Å². The van der Waals surface area contributed by atoms with Gasteiger partial charge in [-0.1, -0.05) is 6.07 Å². The molecule has 0 aliphatic heterocycles. The Bertz CT molecular complexity index is 563. The highest BCUT2D eigenvalue weighted by Crippen LogP contribution is 2.36. The fourth-order valence-corrected chi connectivity index (χ4v) is 2.41. The predicted octanol–water partition coefficient (Wildman–Crippen LogP) is 2.99. The Hall–Kier alpha value is -1.47. The van der Waals surface area contributed by atoms with E-state index in [2.05, 4.69) is 9.97 Å². The summed E-state index contributed by atoms with van der Waals surface area (Å²) in [5, 5.41) is 0.242. The Balaban J connectivity index is 2.51. The van der Waals surface area contributed by atoms with E-state index in [-0.39, 0.29) is 16.4 Å². The van der Waals surface area contributed by atoms with Crippen molar-refractivity contribution in [2.24, 2.45) is 5.73 Å². The molecule has 0 bridgehead atoms. The lowest BCUT2D eigenvalue weighted by molar-refractivity contribution is -0.141. The molecule has 2 aromatic rings. The van der Waals surface area contributed by atoms with Crippen LogP contribution in [0.15, 0.2) is 18.2 Å². The third-order valence-electron chi connectivity index (χ3n) is 2.26. The van der Waals surface area contributed by atoms with Crippen molar-refractivity contribution in [1.29, 1.82) is 0 Å². The van der Waals surface area contributed by atoms with E-state index < -0.39 is 11.9 Å². The van der Waals surface area contributed by atoms with Crippen LogP contribution in [0.3, 0.4) is 0 Å². The number of rotatable bonds is 2. The molecule has 0 fully saturated rings. The summed E-state index contributed by atoms with van der Waals surface area (Å²) in [5.74, 6) is 0. The van der Waals surface area contributed by atoms with Gasteiger partial charge < -0.3 is 5.73 Å². The van der Waals surface area contributed by atoms with Gasteiger partial charge in [0.1, 0.15) is 5.01 Å². The van der Waals surface area contributed by atoms with Crippen molar-refractivity contribution < 1.29 is 13.2 Å². The molecule has 0 spiro atoms. The van der Waals surface area contributed by atoms with Crippen LogP contribution in [0.5, 0.6) is 0 Å². The first-order valence-corrected chi connectivity index (χ1v) is 5.94. The maximum absolute atomic E-state index is 12.7. The van der Waals surface area contributed by atoms with Crippen molar-refractivity contribution in [3.63, 3.8) is 0 Å². The molecule has 2 rings (SSSR count). The summed E-state index contributed by atoms with van der Waals surface area (Å²) in [6, 6.07) is 5.13. The Morgan fingerprint density at radius 2 is 2.00 bits per heavy atom. The van der Waals surface area contributed by atoms with Crippen molar-refractivity contribution >= 4 is 11.3 Å².